The average molecular weight is 363 g/mol. The number of hydrogen-bond donors (Lipinski definition) is 2. The van der Waals surface area contributed by atoms with Crippen LogP contribution in [0.3, 0.4) is 0 Å². The van der Waals surface area contributed by atoms with E-state index in [9.17, 15) is 4.79 Å². The number of benzene rings is 1. The molecule has 1 amide bonds. The lowest BCUT2D eigenvalue weighted by molar-refractivity contribution is -0.126. The fourth-order valence-corrected chi connectivity index (χ4v) is 3.23. The van der Waals surface area contributed by atoms with Gasteiger partial charge in [0.15, 0.2) is 11.5 Å². The number of amides is 1. The molecule has 3 atom stereocenters. The minimum atomic E-state index is -0.0584. The summed E-state index contributed by atoms with van der Waals surface area (Å²) in [6.45, 7) is 10.6. The molecule has 0 saturated carbocycles. The van der Waals surface area contributed by atoms with E-state index in [1.165, 1.54) is 0 Å². The molecule has 1 saturated heterocycles. The maximum absolute atomic E-state index is 12.6. The third kappa shape index (κ3) is 5.90. The first-order valence-corrected chi connectivity index (χ1v) is 9.98. The van der Waals surface area contributed by atoms with Gasteiger partial charge in [0, 0.05) is 12.0 Å². The van der Waals surface area contributed by atoms with Crippen LogP contribution >= 0.6 is 0 Å². The molecule has 5 heteroatoms. The molecule has 1 aromatic rings. The van der Waals surface area contributed by atoms with Crippen LogP contribution in [0.5, 0.6) is 11.5 Å². The number of hydrogen-bond acceptors (Lipinski definition) is 4. The zero-order valence-electron chi connectivity index (χ0n) is 16.6. The quantitative estimate of drug-likeness (QED) is 0.701. The van der Waals surface area contributed by atoms with Crippen LogP contribution in [0.25, 0.3) is 0 Å². The van der Waals surface area contributed by atoms with Gasteiger partial charge in [0.25, 0.3) is 0 Å². The predicted octanol–water partition coefficient (Wildman–Crippen LogP) is 3.83. The Morgan fingerprint density at radius 1 is 1.23 bits per heavy atom. The molecule has 5 nitrogen and oxygen atoms in total. The van der Waals surface area contributed by atoms with Crippen molar-refractivity contribution in [1.29, 1.82) is 0 Å². The highest BCUT2D eigenvalue weighted by atomic mass is 16.5. The molecule has 1 aliphatic heterocycles. The Bertz CT molecular complexity index is 576. The zero-order chi connectivity index (χ0) is 18.9. The molecule has 2 rings (SSSR count). The highest BCUT2D eigenvalue weighted by molar-refractivity contribution is 5.79. The van der Waals surface area contributed by atoms with Crippen LogP contribution in [-0.4, -0.2) is 31.7 Å². The van der Waals surface area contributed by atoms with Crippen LogP contribution in [-0.2, 0) is 4.79 Å². The number of carbonyl (C=O) groups is 1. The van der Waals surface area contributed by atoms with Crippen molar-refractivity contribution >= 4 is 5.91 Å². The largest absolute Gasteiger partial charge is 0.490 e. The van der Waals surface area contributed by atoms with Crippen LogP contribution in [0, 0.1) is 5.92 Å². The van der Waals surface area contributed by atoms with Gasteiger partial charge in [-0.2, -0.15) is 0 Å². The molecule has 1 aliphatic rings. The molecule has 0 bridgehead atoms. The molecule has 1 fully saturated rings. The van der Waals surface area contributed by atoms with Crippen molar-refractivity contribution in [3.8, 4) is 11.5 Å². The van der Waals surface area contributed by atoms with Crippen molar-refractivity contribution in [2.24, 2.45) is 5.92 Å². The first kappa shape index (κ1) is 20.6. The lowest BCUT2D eigenvalue weighted by Gasteiger charge is -2.28. The van der Waals surface area contributed by atoms with Gasteiger partial charge in [0.2, 0.25) is 5.91 Å². The summed E-state index contributed by atoms with van der Waals surface area (Å²) in [6, 6.07) is 6.30. The van der Waals surface area contributed by atoms with Gasteiger partial charge in [-0.15, -0.1) is 0 Å². The Hall–Kier alpha value is -1.75. The number of carbonyl (C=O) groups excluding carboxylic acids is 1. The normalized spacial score (nSPS) is 21.1. The number of nitrogens with one attached hydrogen (secondary N) is 2. The van der Waals surface area contributed by atoms with Crippen molar-refractivity contribution in [3.05, 3.63) is 23.8 Å². The molecule has 146 valence electrons. The topological polar surface area (TPSA) is 59.6 Å². The number of ether oxygens (including phenoxy) is 2. The van der Waals surface area contributed by atoms with Gasteiger partial charge in [-0.1, -0.05) is 19.9 Å². The summed E-state index contributed by atoms with van der Waals surface area (Å²) in [7, 11) is 0. The molecular weight excluding hydrogens is 328 g/mol. The van der Waals surface area contributed by atoms with E-state index >= 15 is 0 Å². The van der Waals surface area contributed by atoms with E-state index in [2.05, 4.69) is 31.4 Å². The molecule has 1 heterocycles. The summed E-state index contributed by atoms with van der Waals surface area (Å²) in [5, 5.41) is 6.56. The monoisotopic (exact) mass is 362 g/mol. The fourth-order valence-electron chi connectivity index (χ4n) is 3.23. The van der Waals surface area contributed by atoms with Gasteiger partial charge in [-0.25, -0.2) is 0 Å². The second kappa shape index (κ2) is 10.4. The molecule has 0 spiro atoms. The van der Waals surface area contributed by atoms with Crippen molar-refractivity contribution in [2.75, 3.05) is 19.8 Å². The minimum absolute atomic E-state index is 0.0584. The van der Waals surface area contributed by atoms with Gasteiger partial charge in [-0.3, -0.25) is 4.79 Å². The summed E-state index contributed by atoms with van der Waals surface area (Å²) < 4.78 is 11.7. The second-order valence-electron chi connectivity index (χ2n) is 7.21. The third-order valence-electron chi connectivity index (χ3n) is 4.74. The highest BCUT2D eigenvalue weighted by Crippen LogP contribution is 2.31. The van der Waals surface area contributed by atoms with Crippen LogP contribution in [0.4, 0.5) is 0 Å². The standard InChI is InChI=1S/C21H34N2O3/c1-5-11-25-19-8-7-17(14-20(19)26-12-6-2)16(4)23-21(24)18-9-10-22-15(3)13-18/h7-8,14-16,18,22H,5-6,9-13H2,1-4H3,(H,23,24)/t15-,16?,18-/m0/s1. The minimum Gasteiger partial charge on any atom is -0.490 e. The summed E-state index contributed by atoms with van der Waals surface area (Å²) in [5.74, 6) is 1.77. The maximum atomic E-state index is 12.6. The van der Waals surface area contributed by atoms with Gasteiger partial charge in [0.05, 0.1) is 19.3 Å². The van der Waals surface area contributed by atoms with Crippen LogP contribution < -0.4 is 20.1 Å². The van der Waals surface area contributed by atoms with Crippen LogP contribution in [0.2, 0.25) is 0 Å². The first-order chi connectivity index (χ1) is 12.5. The smallest absolute Gasteiger partial charge is 0.223 e. The Kier molecular flexibility index (Phi) is 8.23. The van der Waals surface area contributed by atoms with E-state index in [0.717, 1.165) is 49.3 Å². The third-order valence-corrected chi connectivity index (χ3v) is 4.74. The lowest BCUT2D eigenvalue weighted by atomic mass is 9.92. The molecule has 1 aromatic carbocycles. The molecule has 0 aromatic heterocycles. The maximum Gasteiger partial charge on any atom is 0.223 e. The molecule has 0 radical (unpaired) electrons. The SMILES string of the molecule is CCCOc1ccc(C(C)NC(=O)[C@H]2CCN[C@@H](C)C2)cc1OCCC. The molecule has 1 unspecified atom stereocenters. The fraction of sp³-hybridized carbons (Fsp3) is 0.667. The summed E-state index contributed by atoms with van der Waals surface area (Å²) in [5.41, 5.74) is 1.04. The first-order valence-electron chi connectivity index (χ1n) is 9.98. The van der Waals surface area contributed by atoms with Crippen molar-refractivity contribution in [2.45, 2.75) is 65.5 Å². The highest BCUT2D eigenvalue weighted by Gasteiger charge is 2.26. The molecule has 26 heavy (non-hydrogen) atoms. The van der Waals surface area contributed by atoms with Crippen molar-refractivity contribution in [1.82, 2.24) is 10.6 Å². The van der Waals surface area contributed by atoms with E-state index in [0.29, 0.717) is 19.3 Å². The Labute approximate surface area is 157 Å². The van der Waals surface area contributed by atoms with E-state index in [1.54, 1.807) is 0 Å². The Morgan fingerprint density at radius 3 is 2.58 bits per heavy atom. The van der Waals surface area contributed by atoms with E-state index in [-0.39, 0.29) is 17.9 Å². The Balaban J connectivity index is 2.04. The number of rotatable bonds is 9. The summed E-state index contributed by atoms with van der Waals surface area (Å²) in [6.07, 6.45) is 3.69. The van der Waals surface area contributed by atoms with E-state index in [1.807, 2.05) is 25.1 Å². The van der Waals surface area contributed by atoms with Gasteiger partial charge in [-0.05, 0) is 63.8 Å². The summed E-state index contributed by atoms with van der Waals surface area (Å²) in [4.78, 5) is 12.6. The molecule has 2 N–H and O–H groups in total. The van der Waals surface area contributed by atoms with Crippen molar-refractivity contribution < 1.29 is 14.3 Å². The van der Waals surface area contributed by atoms with Crippen LogP contribution in [0.15, 0.2) is 18.2 Å². The summed E-state index contributed by atoms with van der Waals surface area (Å²) >= 11 is 0. The second-order valence-corrected chi connectivity index (χ2v) is 7.21. The van der Waals surface area contributed by atoms with Crippen LogP contribution in [0.1, 0.15) is 65.0 Å². The van der Waals surface area contributed by atoms with Gasteiger partial charge in [0.1, 0.15) is 0 Å². The molecule has 0 aliphatic carbocycles. The Morgan fingerprint density at radius 2 is 1.92 bits per heavy atom. The van der Waals surface area contributed by atoms with Gasteiger partial charge >= 0.3 is 0 Å². The van der Waals surface area contributed by atoms with Gasteiger partial charge < -0.3 is 20.1 Å². The molecular formula is C21H34N2O3. The van der Waals surface area contributed by atoms with E-state index in [4.69, 9.17) is 9.47 Å². The number of piperidine rings is 1. The lowest BCUT2D eigenvalue weighted by Crippen LogP contribution is -2.42. The average Bonchev–Trinajstić information content (AvgIpc) is 2.64. The van der Waals surface area contributed by atoms with Crippen molar-refractivity contribution in [3.63, 3.8) is 0 Å². The van der Waals surface area contributed by atoms with E-state index < -0.39 is 0 Å². The predicted molar refractivity (Wildman–Crippen MR) is 105 cm³/mol. The zero-order valence-corrected chi connectivity index (χ0v) is 16.6.